The second-order valence-electron chi connectivity index (χ2n) is 7.84. The molecular formula is C20H39IN4O3. The van der Waals surface area contributed by atoms with E-state index in [2.05, 4.69) is 34.4 Å². The molecule has 2 N–H and O–H groups in total. The first-order chi connectivity index (χ1) is 13.1. The number of hydrogen-bond donors (Lipinski definition) is 2. The molecule has 0 spiro atoms. The van der Waals surface area contributed by atoms with Gasteiger partial charge in [-0.2, -0.15) is 0 Å². The number of nitrogens with zero attached hydrogens (tertiary/aromatic N) is 2. The van der Waals surface area contributed by atoms with E-state index in [1.165, 1.54) is 12.8 Å². The molecule has 1 atom stereocenters. The molecule has 8 heteroatoms. The van der Waals surface area contributed by atoms with E-state index in [9.17, 15) is 4.79 Å². The number of rotatable bonds is 9. The maximum atomic E-state index is 11.9. The molecule has 0 aromatic heterocycles. The van der Waals surface area contributed by atoms with Crippen LogP contribution < -0.4 is 10.6 Å². The molecule has 0 aromatic rings. The van der Waals surface area contributed by atoms with Gasteiger partial charge in [0.25, 0.3) is 0 Å². The van der Waals surface area contributed by atoms with Crippen LogP contribution in [0.4, 0.5) is 0 Å². The Kier molecular flexibility index (Phi) is 13.1. The van der Waals surface area contributed by atoms with Crippen molar-refractivity contribution < 1.29 is 14.3 Å². The van der Waals surface area contributed by atoms with Crippen molar-refractivity contribution in [2.24, 2.45) is 10.9 Å². The lowest BCUT2D eigenvalue weighted by Gasteiger charge is -2.37. The summed E-state index contributed by atoms with van der Waals surface area (Å²) < 4.78 is 11.0. The van der Waals surface area contributed by atoms with Crippen molar-refractivity contribution in [1.82, 2.24) is 15.5 Å². The van der Waals surface area contributed by atoms with E-state index in [4.69, 9.17) is 9.47 Å². The molecule has 1 saturated carbocycles. The van der Waals surface area contributed by atoms with Gasteiger partial charge in [-0.05, 0) is 38.0 Å². The van der Waals surface area contributed by atoms with Gasteiger partial charge in [0.1, 0.15) is 6.10 Å². The van der Waals surface area contributed by atoms with Crippen LogP contribution in [0.25, 0.3) is 0 Å². The molecule has 7 nitrogen and oxygen atoms in total. The average molecular weight is 510 g/mol. The highest BCUT2D eigenvalue weighted by Crippen LogP contribution is 2.21. The summed E-state index contributed by atoms with van der Waals surface area (Å²) in [7, 11) is 1.78. The fourth-order valence-corrected chi connectivity index (χ4v) is 3.81. The summed E-state index contributed by atoms with van der Waals surface area (Å²) >= 11 is 0. The number of aliphatic imine (C=N–C) groups is 1. The third-order valence-corrected chi connectivity index (χ3v) is 5.44. The second kappa shape index (κ2) is 14.4. The SMILES string of the molecule is CN=C(NCCCC(=O)OC1CCCC1)NCC(C(C)C)N1CCOCC1.I. The van der Waals surface area contributed by atoms with Gasteiger partial charge in [0.05, 0.1) is 13.2 Å². The summed E-state index contributed by atoms with van der Waals surface area (Å²) in [6, 6.07) is 0.453. The summed E-state index contributed by atoms with van der Waals surface area (Å²) in [4.78, 5) is 18.7. The highest BCUT2D eigenvalue weighted by atomic mass is 127. The Morgan fingerprint density at radius 1 is 1.21 bits per heavy atom. The summed E-state index contributed by atoms with van der Waals surface area (Å²) in [5, 5.41) is 6.74. The molecule has 0 amide bonds. The first-order valence-corrected chi connectivity index (χ1v) is 10.6. The molecule has 2 fully saturated rings. The van der Waals surface area contributed by atoms with Crippen LogP contribution in [0, 0.1) is 5.92 Å². The smallest absolute Gasteiger partial charge is 0.306 e. The maximum Gasteiger partial charge on any atom is 0.306 e. The van der Waals surface area contributed by atoms with Crippen LogP contribution >= 0.6 is 24.0 Å². The Morgan fingerprint density at radius 3 is 2.50 bits per heavy atom. The standard InChI is InChI=1S/C20H38N4O3.HI/c1-16(2)18(24-11-13-26-14-12-24)15-23-20(21-3)22-10-6-9-19(25)27-17-7-4-5-8-17;/h16-18H,4-15H2,1-3H3,(H2,21,22,23);1H. The Bertz CT molecular complexity index is 464. The van der Waals surface area contributed by atoms with Crippen LogP contribution in [-0.2, 0) is 14.3 Å². The number of morpholine rings is 1. The van der Waals surface area contributed by atoms with Crippen LogP contribution in [0.5, 0.6) is 0 Å². The van der Waals surface area contributed by atoms with E-state index < -0.39 is 0 Å². The number of carbonyl (C=O) groups excluding carboxylic acids is 1. The topological polar surface area (TPSA) is 75.2 Å². The average Bonchev–Trinajstić information content (AvgIpc) is 3.17. The normalized spacial score (nSPS) is 19.9. The van der Waals surface area contributed by atoms with Gasteiger partial charge in [0.2, 0.25) is 0 Å². The highest BCUT2D eigenvalue weighted by molar-refractivity contribution is 14.0. The van der Waals surface area contributed by atoms with Gasteiger partial charge in [-0.15, -0.1) is 24.0 Å². The summed E-state index contributed by atoms with van der Waals surface area (Å²) in [6.45, 7) is 9.67. The van der Waals surface area contributed by atoms with Crippen LogP contribution in [0.3, 0.4) is 0 Å². The third kappa shape index (κ3) is 9.26. The molecule has 0 bridgehead atoms. The van der Waals surface area contributed by atoms with Crippen molar-refractivity contribution >= 4 is 35.9 Å². The zero-order chi connectivity index (χ0) is 19.5. The van der Waals surface area contributed by atoms with Gasteiger partial charge >= 0.3 is 5.97 Å². The van der Waals surface area contributed by atoms with Gasteiger partial charge in [-0.1, -0.05) is 13.8 Å². The van der Waals surface area contributed by atoms with Crippen molar-refractivity contribution in [1.29, 1.82) is 0 Å². The van der Waals surface area contributed by atoms with Crippen molar-refractivity contribution in [3.05, 3.63) is 0 Å². The first kappa shape index (κ1) is 25.4. The van der Waals surface area contributed by atoms with Crippen molar-refractivity contribution in [3.8, 4) is 0 Å². The lowest BCUT2D eigenvalue weighted by molar-refractivity contribution is -0.148. The number of hydrogen-bond acceptors (Lipinski definition) is 5. The second-order valence-corrected chi connectivity index (χ2v) is 7.84. The van der Waals surface area contributed by atoms with Crippen molar-refractivity contribution in [2.45, 2.75) is 64.5 Å². The molecule has 1 unspecified atom stereocenters. The molecule has 1 aliphatic carbocycles. The van der Waals surface area contributed by atoms with E-state index in [-0.39, 0.29) is 36.0 Å². The fourth-order valence-electron chi connectivity index (χ4n) is 3.81. The first-order valence-electron chi connectivity index (χ1n) is 10.6. The number of carbonyl (C=O) groups is 1. The number of nitrogens with one attached hydrogen (secondary N) is 2. The van der Waals surface area contributed by atoms with E-state index in [0.717, 1.165) is 58.1 Å². The Hall–Kier alpha value is -0.610. The van der Waals surface area contributed by atoms with Gasteiger partial charge in [0.15, 0.2) is 5.96 Å². The van der Waals surface area contributed by atoms with Crippen LogP contribution in [-0.4, -0.2) is 75.4 Å². The summed E-state index contributed by atoms with van der Waals surface area (Å²) in [5.41, 5.74) is 0. The predicted molar refractivity (Wildman–Crippen MR) is 123 cm³/mol. The van der Waals surface area contributed by atoms with E-state index in [1.54, 1.807) is 7.05 Å². The number of esters is 1. The zero-order valence-corrected chi connectivity index (χ0v) is 20.1. The Labute approximate surface area is 187 Å². The quantitative estimate of drug-likeness (QED) is 0.163. The number of guanidine groups is 1. The zero-order valence-electron chi connectivity index (χ0n) is 17.7. The summed E-state index contributed by atoms with van der Waals surface area (Å²) in [6.07, 6.45) is 5.80. The Balaban J connectivity index is 0.00000392. The predicted octanol–water partition coefficient (Wildman–Crippen LogP) is 2.39. The third-order valence-electron chi connectivity index (χ3n) is 5.44. The summed E-state index contributed by atoms with van der Waals surface area (Å²) in [5.74, 6) is 1.27. The Morgan fingerprint density at radius 2 is 1.89 bits per heavy atom. The highest BCUT2D eigenvalue weighted by Gasteiger charge is 2.24. The monoisotopic (exact) mass is 510 g/mol. The van der Waals surface area contributed by atoms with E-state index in [1.807, 2.05) is 0 Å². The van der Waals surface area contributed by atoms with Gasteiger partial charge in [0, 0.05) is 45.7 Å². The van der Waals surface area contributed by atoms with Gasteiger partial charge in [-0.3, -0.25) is 14.7 Å². The minimum absolute atomic E-state index is 0. The van der Waals surface area contributed by atoms with Gasteiger partial charge in [-0.25, -0.2) is 0 Å². The minimum atomic E-state index is -0.0705. The molecule has 2 rings (SSSR count). The van der Waals surface area contributed by atoms with Crippen LogP contribution in [0.1, 0.15) is 52.4 Å². The molecule has 1 aliphatic heterocycles. The number of ether oxygens (including phenoxy) is 2. The molecular weight excluding hydrogens is 471 g/mol. The fraction of sp³-hybridized carbons (Fsp3) is 0.900. The molecule has 0 radical (unpaired) electrons. The van der Waals surface area contributed by atoms with Crippen molar-refractivity contribution in [2.75, 3.05) is 46.4 Å². The molecule has 164 valence electrons. The lowest BCUT2D eigenvalue weighted by atomic mass is 10.0. The van der Waals surface area contributed by atoms with Crippen LogP contribution in [0.2, 0.25) is 0 Å². The molecule has 0 aromatic carbocycles. The minimum Gasteiger partial charge on any atom is -0.462 e. The molecule has 2 aliphatic rings. The van der Waals surface area contributed by atoms with Crippen molar-refractivity contribution in [3.63, 3.8) is 0 Å². The largest absolute Gasteiger partial charge is 0.462 e. The van der Waals surface area contributed by atoms with E-state index >= 15 is 0 Å². The van der Waals surface area contributed by atoms with Crippen LogP contribution in [0.15, 0.2) is 4.99 Å². The molecule has 1 saturated heterocycles. The van der Waals surface area contributed by atoms with E-state index in [0.29, 0.717) is 24.9 Å². The molecule has 1 heterocycles. The van der Waals surface area contributed by atoms with Gasteiger partial charge < -0.3 is 20.1 Å². The lowest BCUT2D eigenvalue weighted by Crippen LogP contribution is -2.52. The molecule has 28 heavy (non-hydrogen) atoms. The maximum absolute atomic E-state index is 11.9. The number of halogens is 1.